The van der Waals surface area contributed by atoms with Crippen LogP contribution in [0.15, 0.2) is 45.2 Å². The summed E-state index contributed by atoms with van der Waals surface area (Å²) in [7, 11) is 1.73. The summed E-state index contributed by atoms with van der Waals surface area (Å²) in [6.45, 7) is 3.31. The molecular formula is C18H24BrIN4OS. The summed E-state index contributed by atoms with van der Waals surface area (Å²) in [4.78, 5) is 17.6. The zero-order valence-electron chi connectivity index (χ0n) is 14.8. The number of amides is 1. The lowest BCUT2D eigenvalue weighted by Crippen LogP contribution is -2.39. The molecule has 0 spiro atoms. The number of halogens is 2. The molecule has 0 saturated carbocycles. The van der Waals surface area contributed by atoms with Crippen LogP contribution >= 0.6 is 51.2 Å². The van der Waals surface area contributed by atoms with Gasteiger partial charge in [-0.3, -0.25) is 9.79 Å². The summed E-state index contributed by atoms with van der Waals surface area (Å²) < 4.78 is 1.00. The average Bonchev–Trinajstić information content (AvgIpc) is 3.09. The van der Waals surface area contributed by atoms with Crippen molar-refractivity contribution in [1.29, 1.82) is 0 Å². The molecule has 142 valence electrons. The standard InChI is InChI=1S/C18H23BrN4OS.HI/c1-13-12-14(19)5-6-16(13)23-17(24)8-10-22-18(20-2)21-9-7-15-4-3-11-25-15;/h3-6,11-12H,7-10H2,1-2H3,(H,23,24)(H2,20,21,22);1H. The number of nitrogens with one attached hydrogen (secondary N) is 3. The van der Waals surface area contributed by atoms with Crippen LogP contribution in [-0.4, -0.2) is 32.0 Å². The zero-order valence-corrected chi connectivity index (χ0v) is 19.6. The third kappa shape index (κ3) is 8.05. The van der Waals surface area contributed by atoms with Gasteiger partial charge >= 0.3 is 0 Å². The molecule has 2 aromatic rings. The van der Waals surface area contributed by atoms with Gasteiger partial charge in [0.1, 0.15) is 0 Å². The molecule has 0 bridgehead atoms. The molecule has 26 heavy (non-hydrogen) atoms. The summed E-state index contributed by atoms with van der Waals surface area (Å²) in [6.07, 6.45) is 1.34. The van der Waals surface area contributed by atoms with E-state index in [0.717, 1.165) is 28.7 Å². The highest BCUT2D eigenvalue weighted by Crippen LogP contribution is 2.20. The number of guanidine groups is 1. The third-order valence-electron chi connectivity index (χ3n) is 3.57. The Bertz CT molecular complexity index is 722. The lowest BCUT2D eigenvalue weighted by molar-refractivity contribution is -0.116. The Labute approximate surface area is 184 Å². The van der Waals surface area contributed by atoms with Crippen molar-refractivity contribution in [2.24, 2.45) is 4.99 Å². The summed E-state index contributed by atoms with van der Waals surface area (Å²) in [5, 5.41) is 11.4. The Morgan fingerprint density at radius 2 is 2.00 bits per heavy atom. The monoisotopic (exact) mass is 550 g/mol. The van der Waals surface area contributed by atoms with E-state index in [0.29, 0.717) is 18.9 Å². The van der Waals surface area contributed by atoms with E-state index in [9.17, 15) is 4.79 Å². The summed E-state index contributed by atoms with van der Waals surface area (Å²) >= 11 is 5.17. The molecule has 0 aliphatic carbocycles. The topological polar surface area (TPSA) is 65.5 Å². The quantitative estimate of drug-likeness (QED) is 0.275. The molecule has 1 amide bonds. The molecule has 3 N–H and O–H groups in total. The predicted octanol–water partition coefficient (Wildman–Crippen LogP) is 4.17. The van der Waals surface area contributed by atoms with Crippen LogP contribution in [0, 0.1) is 6.92 Å². The third-order valence-corrected chi connectivity index (χ3v) is 5.00. The van der Waals surface area contributed by atoms with Crippen LogP contribution in [0.2, 0.25) is 0 Å². The first-order chi connectivity index (χ1) is 12.1. The molecule has 8 heteroatoms. The van der Waals surface area contributed by atoms with Crippen LogP contribution in [0.1, 0.15) is 16.9 Å². The average molecular weight is 551 g/mol. The first-order valence-corrected chi connectivity index (χ1v) is 9.78. The highest BCUT2D eigenvalue weighted by atomic mass is 127. The number of aliphatic imine (C=N–C) groups is 1. The second kappa shape index (κ2) is 12.3. The van der Waals surface area contributed by atoms with Gasteiger partial charge < -0.3 is 16.0 Å². The highest BCUT2D eigenvalue weighted by Gasteiger charge is 2.06. The number of carbonyl (C=O) groups excluding carboxylic acids is 1. The van der Waals surface area contributed by atoms with Crippen molar-refractivity contribution in [1.82, 2.24) is 10.6 Å². The molecule has 0 atom stereocenters. The van der Waals surface area contributed by atoms with Crippen molar-refractivity contribution in [3.63, 3.8) is 0 Å². The van der Waals surface area contributed by atoms with Crippen molar-refractivity contribution >= 4 is 68.8 Å². The van der Waals surface area contributed by atoms with Gasteiger partial charge in [-0.25, -0.2) is 0 Å². The van der Waals surface area contributed by atoms with Gasteiger partial charge in [0.15, 0.2) is 5.96 Å². The van der Waals surface area contributed by atoms with Gasteiger partial charge in [0, 0.05) is 41.6 Å². The van der Waals surface area contributed by atoms with Gasteiger partial charge in [-0.2, -0.15) is 0 Å². The fraction of sp³-hybridized carbons (Fsp3) is 0.333. The second-order valence-corrected chi connectivity index (χ2v) is 7.46. The molecule has 0 aliphatic heterocycles. The Kier molecular flexibility index (Phi) is 10.8. The van der Waals surface area contributed by atoms with Gasteiger partial charge in [-0.05, 0) is 48.6 Å². The fourth-order valence-corrected chi connectivity index (χ4v) is 3.44. The number of hydrogen-bond acceptors (Lipinski definition) is 3. The van der Waals surface area contributed by atoms with Crippen molar-refractivity contribution in [2.45, 2.75) is 19.8 Å². The van der Waals surface area contributed by atoms with Gasteiger partial charge in [-0.1, -0.05) is 22.0 Å². The number of anilines is 1. The molecule has 1 aromatic carbocycles. The zero-order chi connectivity index (χ0) is 18.1. The molecule has 1 heterocycles. The predicted molar refractivity (Wildman–Crippen MR) is 125 cm³/mol. The van der Waals surface area contributed by atoms with Gasteiger partial charge in [0.25, 0.3) is 0 Å². The van der Waals surface area contributed by atoms with E-state index in [-0.39, 0.29) is 29.9 Å². The lowest BCUT2D eigenvalue weighted by Gasteiger charge is -2.12. The maximum Gasteiger partial charge on any atom is 0.226 e. The summed E-state index contributed by atoms with van der Waals surface area (Å²) in [6, 6.07) is 9.97. The van der Waals surface area contributed by atoms with Crippen LogP contribution in [0.5, 0.6) is 0 Å². The molecular weight excluding hydrogens is 527 g/mol. The van der Waals surface area contributed by atoms with Crippen LogP contribution in [-0.2, 0) is 11.2 Å². The first-order valence-electron chi connectivity index (χ1n) is 8.11. The van der Waals surface area contributed by atoms with Crippen LogP contribution < -0.4 is 16.0 Å². The summed E-state index contributed by atoms with van der Waals surface area (Å²) in [5.41, 5.74) is 1.87. The normalized spacial score (nSPS) is 10.8. The van der Waals surface area contributed by atoms with Crippen molar-refractivity contribution < 1.29 is 4.79 Å². The van der Waals surface area contributed by atoms with Crippen LogP contribution in [0.3, 0.4) is 0 Å². The van der Waals surface area contributed by atoms with Gasteiger partial charge in [-0.15, -0.1) is 35.3 Å². The number of rotatable bonds is 7. The smallest absolute Gasteiger partial charge is 0.226 e. The van der Waals surface area contributed by atoms with E-state index in [1.165, 1.54) is 4.88 Å². The Morgan fingerprint density at radius 3 is 2.65 bits per heavy atom. The minimum Gasteiger partial charge on any atom is -0.356 e. The van der Waals surface area contributed by atoms with Crippen LogP contribution in [0.25, 0.3) is 0 Å². The van der Waals surface area contributed by atoms with E-state index < -0.39 is 0 Å². The lowest BCUT2D eigenvalue weighted by atomic mass is 10.2. The number of benzene rings is 1. The molecule has 1 aromatic heterocycles. The first kappa shape index (κ1) is 22.9. The van der Waals surface area contributed by atoms with E-state index >= 15 is 0 Å². The van der Waals surface area contributed by atoms with Gasteiger partial charge in [0.2, 0.25) is 5.91 Å². The van der Waals surface area contributed by atoms with E-state index in [1.54, 1.807) is 18.4 Å². The summed E-state index contributed by atoms with van der Waals surface area (Å²) in [5.74, 6) is 0.691. The Hall–Kier alpha value is -1.13. The molecule has 0 fully saturated rings. The largest absolute Gasteiger partial charge is 0.356 e. The van der Waals surface area contributed by atoms with Crippen molar-refractivity contribution in [3.8, 4) is 0 Å². The fourth-order valence-electron chi connectivity index (χ4n) is 2.25. The van der Waals surface area contributed by atoms with E-state index in [1.807, 2.05) is 25.1 Å². The van der Waals surface area contributed by atoms with Crippen molar-refractivity contribution in [2.75, 3.05) is 25.5 Å². The molecule has 0 saturated heterocycles. The molecule has 2 rings (SSSR count). The SMILES string of the molecule is CN=C(NCCC(=O)Nc1ccc(Br)cc1C)NCCc1cccs1.I. The number of nitrogens with zero attached hydrogens (tertiary/aromatic N) is 1. The Balaban J connectivity index is 0.00000338. The second-order valence-electron chi connectivity index (χ2n) is 5.51. The number of aryl methyl sites for hydroxylation is 1. The van der Waals surface area contributed by atoms with Crippen LogP contribution in [0.4, 0.5) is 5.69 Å². The Morgan fingerprint density at radius 1 is 1.23 bits per heavy atom. The number of carbonyl (C=O) groups is 1. The molecule has 0 radical (unpaired) electrons. The minimum absolute atomic E-state index is 0. The maximum atomic E-state index is 12.1. The maximum absolute atomic E-state index is 12.1. The minimum atomic E-state index is -0.0213. The highest BCUT2D eigenvalue weighted by molar-refractivity contribution is 14.0. The van der Waals surface area contributed by atoms with Crippen molar-refractivity contribution in [3.05, 3.63) is 50.6 Å². The number of thiophene rings is 1. The van der Waals surface area contributed by atoms with E-state index in [2.05, 4.69) is 54.4 Å². The molecule has 5 nitrogen and oxygen atoms in total. The van der Waals surface area contributed by atoms with Gasteiger partial charge in [0.05, 0.1) is 0 Å². The molecule has 0 aliphatic rings. The van der Waals surface area contributed by atoms with E-state index in [4.69, 9.17) is 0 Å². The molecule has 0 unspecified atom stereocenters. The number of hydrogen-bond donors (Lipinski definition) is 3.